The van der Waals surface area contributed by atoms with Crippen LogP contribution in [0.5, 0.6) is 5.75 Å². The highest BCUT2D eigenvalue weighted by Crippen LogP contribution is 2.38. The Hall–Kier alpha value is -4.11. The largest absolute Gasteiger partial charge is 0.508 e. The van der Waals surface area contributed by atoms with E-state index in [1.807, 2.05) is 42.5 Å². The summed E-state index contributed by atoms with van der Waals surface area (Å²) in [7, 11) is 0. The van der Waals surface area contributed by atoms with Gasteiger partial charge < -0.3 is 19.5 Å². The number of carbonyl (C=O) groups is 3. The maximum absolute atomic E-state index is 13.4. The first-order chi connectivity index (χ1) is 18.4. The monoisotopic (exact) mass is 530 g/mol. The SMILES string of the molecule is CCOC(=O)/C=C1\SCC(=O)N1CCOC(=O)c1c2c(nc3ccccc13)/C(=C/c1ccc(O)cc1)CC2. The number of hydrogen-bond acceptors (Lipinski definition) is 8. The zero-order valence-corrected chi connectivity index (χ0v) is 21.6. The van der Waals surface area contributed by atoms with Gasteiger partial charge in [0.1, 0.15) is 12.4 Å². The summed E-state index contributed by atoms with van der Waals surface area (Å²) in [5, 5.41) is 10.8. The maximum Gasteiger partial charge on any atom is 0.339 e. The molecule has 0 unspecified atom stereocenters. The van der Waals surface area contributed by atoms with Gasteiger partial charge in [-0.05, 0) is 60.7 Å². The van der Waals surface area contributed by atoms with Gasteiger partial charge in [0.25, 0.3) is 0 Å². The van der Waals surface area contributed by atoms with E-state index < -0.39 is 11.9 Å². The second kappa shape index (κ2) is 11.1. The van der Waals surface area contributed by atoms with E-state index in [0.29, 0.717) is 22.5 Å². The molecule has 2 aromatic carbocycles. The maximum atomic E-state index is 13.4. The van der Waals surface area contributed by atoms with Gasteiger partial charge in [-0.2, -0.15) is 0 Å². The Morgan fingerprint density at radius 3 is 2.68 bits per heavy atom. The van der Waals surface area contributed by atoms with Crippen molar-refractivity contribution in [3.05, 3.63) is 82.0 Å². The normalized spacial score (nSPS) is 16.9. The third-order valence-corrected chi connectivity index (χ3v) is 7.39. The lowest BCUT2D eigenvalue weighted by molar-refractivity contribution is -0.137. The average Bonchev–Trinajstić information content (AvgIpc) is 3.46. The Balaban J connectivity index is 1.39. The van der Waals surface area contributed by atoms with Crippen molar-refractivity contribution < 1.29 is 29.0 Å². The first-order valence-electron chi connectivity index (χ1n) is 12.3. The van der Waals surface area contributed by atoms with E-state index in [9.17, 15) is 19.5 Å². The number of thioether (sulfide) groups is 1. The third kappa shape index (κ3) is 5.28. The van der Waals surface area contributed by atoms with E-state index >= 15 is 0 Å². The number of amides is 1. The number of benzene rings is 2. The molecule has 38 heavy (non-hydrogen) atoms. The minimum atomic E-state index is -0.512. The number of ether oxygens (including phenoxy) is 2. The topological polar surface area (TPSA) is 106 Å². The molecule has 0 spiro atoms. The molecule has 0 saturated carbocycles. The van der Waals surface area contributed by atoms with Crippen LogP contribution < -0.4 is 0 Å². The number of allylic oxidation sites excluding steroid dienone is 1. The summed E-state index contributed by atoms with van der Waals surface area (Å²) in [5.41, 5.74) is 4.75. The second-order valence-corrected chi connectivity index (χ2v) is 9.79. The number of nitrogens with zero attached hydrogens (tertiary/aromatic N) is 2. The lowest BCUT2D eigenvalue weighted by Crippen LogP contribution is -2.29. The molecule has 1 fully saturated rings. The quantitative estimate of drug-likeness (QED) is 0.350. The van der Waals surface area contributed by atoms with Crippen LogP contribution in [0.3, 0.4) is 0 Å². The average molecular weight is 531 g/mol. The molecule has 9 heteroatoms. The van der Waals surface area contributed by atoms with E-state index in [-0.39, 0.29) is 37.2 Å². The molecule has 1 saturated heterocycles. The van der Waals surface area contributed by atoms with Crippen LogP contribution in [-0.2, 0) is 25.5 Å². The minimum Gasteiger partial charge on any atom is -0.508 e. The van der Waals surface area contributed by atoms with E-state index in [1.54, 1.807) is 19.1 Å². The van der Waals surface area contributed by atoms with Crippen molar-refractivity contribution in [2.45, 2.75) is 19.8 Å². The van der Waals surface area contributed by atoms with Crippen molar-refractivity contribution in [2.24, 2.45) is 0 Å². The first-order valence-corrected chi connectivity index (χ1v) is 13.3. The number of rotatable bonds is 7. The molecule has 0 bridgehead atoms. The molecule has 3 aromatic rings. The molecule has 194 valence electrons. The molecule has 1 aliphatic carbocycles. The number of aromatic hydroxyl groups is 1. The van der Waals surface area contributed by atoms with Gasteiger partial charge in [0, 0.05) is 5.39 Å². The molecule has 0 atom stereocenters. The Morgan fingerprint density at radius 1 is 1.11 bits per heavy atom. The Labute approximate surface area is 223 Å². The minimum absolute atomic E-state index is 0.0209. The summed E-state index contributed by atoms with van der Waals surface area (Å²) in [5.74, 6) is -0.716. The molecule has 1 aliphatic heterocycles. The summed E-state index contributed by atoms with van der Waals surface area (Å²) in [6, 6.07) is 14.4. The summed E-state index contributed by atoms with van der Waals surface area (Å²) in [4.78, 5) is 43.9. The Kier molecular flexibility index (Phi) is 7.46. The van der Waals surface area contributed by atoms with Crippen LogP contribution in [0.25, 0.3) is 22.6 Å². The van der Waals surface area contributed by atoms with Crippen molar-refractivity contribution in [1.82, 2.24) is 9.88 Å². The molecule has 1 aromatic heterocycles. The van der Waals surface area contributed by atoms with Gasteiger partial charge in [-0.25, -0.2) is 14.6 Å². The number of aromatic nitrogens is 1. The van der Waals surface area contributed by atoms with Gasteiger partial charge in [0.2, 0.25) is 5.91 Å². The smallest absolute Gasteiger partial charge is 0.339 e. The molecule has 2 heterocycles. The van der Waals surface area contributed by atoms with Crippen molar-refractivity contribution in [3.63, 3.8) is 0 Å². The van der Waals surface area contributed by atoms with Crippen LogP contribution in [-0.4, -0.2) is 58.3 Å². The molecular formula is C29H26N2O6S. The molecule has 1 N–H and O–H groups in total. The first kappa shape index (κ1) is 25.5. The van der Waals surface area contributed by atoms with Crippen molar-refractivity contribution in [1.29, 1.82) is 0 Å². The molecule has 8 nitrogen and oxygen atoms in total. The summed E-state index contributed by atoms with van der Waals surface area (Å²) in [6.45, 7) is 2.08. The second-order valence-electron chi connectivity index (χ2n) is 8.80. The predicted molar refractivity (Wildman–Crippen MR) is 145 cm³/mol. The van der Waals surface area contributed by atoms with Crippen LogP contribution in [0, 0.1) is 0 Å². The third-order valence-electron chi connectivity index (χ3n) is 6.37. The lowest BCUT2D eigenvalue weighted by atomic mass is 10.0. The molecular weight excluding hydrogens is 504 g/mol. The van der Waals surface area contributed by atoms with Crippen LogP contribution in [0.2, 0.25) is 0 Å². The van der Waals surface area contributed by atoms with Gasteiger partial charge >= 0.3 is 11.9 Å². The molecule has 5 rings (SSSR count). The number of pyridine rings is 1. The number of esters is 2. The van der Waals surface area contributed by atoms with Crippen molar-refractivity contribution in [2.75, 3.05) is 25.5 Å². The number of para-hydroxylation sites is 1. The molecule has 0 radical (unpaired) electrons. The van der Waals surface area contributed by atoms with Crippen molar-refractivity contribution >= 4 is 52.2 Å². The van der Waals surface area contributed by atoms with Crippen LogP contribution in [0.1, 0.15) is 40.5 Å². The number of phenolic OH excluding ortho intramolecular Hbond substituents is 1. The number of hydrogen-bond donors (Lipinski definition) is 1. The highest BCUT2D eigenvalue weighted by Gasteiger charge is 2.30. The number of fused-ring (bicyclic) bond motifs is 2. The number of phenols is 1. The van der Waals surface area contributed by atoms with Gasteiger partial charge in [-0.1, -0.05) is 42.1 Å². The lowest BCUT2D eigenvalue weighted by Gasteiger charge is -2.17. The predicted octanol–water partition coefficient (Wildman–Crippen LogP) is 4.56. The zero-order chi connectivity index (χ0) is 26.6. The van der Waals surface area contributed by atoms with Gasteiger partial charge in [0.05, 0.1) is 46.8 Å². The zero-order valence-electron chi connectivity index (χ0n) is 20.8. The highest BCUT2D eigenvalue weighted by atomic mass is 32.2. The Bertz CT molecular complexity index is 1480. The van der Waals surface area contributed by atoms with Gasteiger partial charge in [-0.3, -0.25) is 4.79 Å². The molecule has 1 amide bonds. The highest BCUT2D eigenvalue weighted by molar-refractivity contribution is 8.04. The Morgan fingerprint density at radius 2 is 1.89 bits per heavy atom. The van der Waals surface area contributed by atoms with Crippen LogP contribution >= 0.6 is 11.8 Å². The van der Waals surface area contributed by atoms with E-state index in [4.69, 9.17) is 14.5 Å². The fourth-order valence-corrected chi connectivity index (χ4v) is 5.60. The van der Waals surface area contributed by atoms with E-state index in [1.165, 1.54) is 22.7 Å². The van der Waals surface area contributed by atoms with Gasteiger partial charge in [0.15, 0.2) is 0 Å². The van der Waals surface area contributed by atoms with Crippen molar-refractivity contribution in [3.8, 4) is 5.75 Å². The summed E-state index contributed by atoms with van der Waals surface area (Å²) >= 11 is 1.26. The fraction of sp³-hybridized carbons (Fsp3) is 0.241. The number of carbonyl (C=O) groups excluding carboxylic acids is 3. The van der Waals surface area contributed by atoms with Crippen LogP contribution in [0.15, 0.2) is 59.6 Å². The fourth-order valence-electron chi connectivity index (χ4n) is 4.64. The summed E-state index contributed by atoms with van der Waals surface area (Å²) in [6.07, 6.45) is 4.69. The van der Waals surface area contributed by atoms with E-state index in [2.05, 4.69) is 0 Å². The summed E-state index contributed by atoms with van der Waals surface area (Å²) < 4.78 is 10.6. The standard InChI is InChI=1S/C29H26N2O6S/c1-2-36-26(34)16-25-31(24(33)17-38-25)13-14-37-29(35)27-21-5-3-4-6-23(21)30-28-19(9-12-22(27)28)15-18-7-10-20(32)11-8-18/h3-8,10-11,15-16,32H,2,9,12-14,17H2,1H3/b19-15+,25-16-. The van der Waals surface area contributed by atoms with E-state index in [0.717, 1.165) is 34.2 Å². The van der Waals surface area contributed by atoms with Crippen LogP contribution in [0.4, 0.5) is 0 Å². The molecule has 2 aliphatic rings. The van der Waals surface area contributed by atoms with Gasteiger partial charge in [-0.15, -0.1) is 0 Å².